The van der Waals surface area contributed by atoms with Gasteiger partial charge in [-0.3, -0.25) is 4.90 Å². The molecule has 2 aromatic heterocycles. The van der Waals surface area contributed by atoms with E-state index in [1.165, 1.54) is 12.3 Å². The topological polar surface area (TPSA) is 79.0 Å². The van der Waals surface area contributed by atoms with E-state index in [-0.39, 0.29) is 5.88 Å². The number of nitrogens with one attached hydrogen (secondary N) is 1. The van der Waals surface area contributed by atoms with Gasteiger partial charge in [0.05, 0.1) is 12.2 Å². The number of piperazine rings is 1. The zero-order chi connectivity index (χ0) is 21.4. The molecule has 0 aliphatic carbocycles. The van der Waals surface area contributed by atoms with Crippen molar-refractivity contribution in [2.45, 2.75) is 26.2 Å². The lowest BCUT2D eigenvalue weighted by atomic mass is 10.2. The highest BCUT2D eigenvalue weighted by Crippen LogP contribution is 2.18. The summed E-state index contributed by atoms with van der Waals surface area (Å²) in [5, 5.41) is 7.22. The Morgan fingerprint density at radius 3 is 2.73 bits per heavy atom. The van der Waals surface area contributed by atoms with Gasteiger partial charge in [-0.1, -0.05) is 5.16 Å². The first-order chi connectivity index (χ1) is 14.4. The SMILES string of the molecule is CCNC(=NCc1ccnc(OCC(F)(F)F)c1)N1CCN(Cc2ccon2)CC1. The van der Waals surface area contributed by atoms with E-state index < -0.39 is 12.8 Å². The predicted octanol–water partition coefficient (Wildman–Crippen LogP) is 2.29. The van der Waals surface area contributed by atoms with Crippen LogP contribution in [0.5, 0.6) is 5.88 Å². The summed E-state index contributed by atoms with van der Waals surface area (Å²) in [4.78, 5) is 12.9. The first kappa shape index (κ1) is 21.9. The number of pyridine rings is 1. The fourth-order valence-electron chi connectivity index (χ4n) is 3.04. The zero-order valence-corrected chi connectivity index (χ0v) is 16.7. The van der Waals surface area contributed by atoms with Gasteiger partial charge in [0.15, 0.2) is 12.6 Å². The van der Waals surface area contributed by atoms with Crippen LogP contribution in [0.1, 0.15) is 18.2 Å². The summed E-state index contributed by atoms with van der Waals surface area (Å²) in [6, 6.07) is 5.05. The van der Waals surface area contributed by atoms with Crippen LogP contribution < -0.4 is 10.1 Å². The molecule has 0 spiro atoms. The molecule has 0 radical (unpaired) electrons. The van der Waals surface area contributed by atoms with E-state index in [4.69, 9.17) is 9.26 Å². The molecule has 0 amide bonds. The largest absolute Gasteiger partial charge is 0.468 e. The average Bonchev–Trinajstić information content (AvgIpc) is 3.23. The highest BCUT2D eigenvalue weighted by Gasteiger charge is 2.28. The van der Waals surface area contributed by atoms with Gasteiger partial charge in [-0.15, -0.1) is 0 Å². The Labute approximate surface area is 172 Å². The van der Waals surface area contributed by atoms with Gasteiger partial charge >= 0.3 is 6.18 Å². The fourth-order valence-corrected chi connectivity index (χ4v) is 3.04. The third kappa shape index (κ3) is 6.90. The molecule has 0 unspecified atom stereocenters. The molecule has 3 rings (SSSR count). The monoisotopic (exact) mass is 426 g/mol. The Hall–Kier alpha value is -2.82. The van der Waals surface area contributed by atoms with Crippen molar-refractivity contribution in [1.29, 1.82) is 0 Å². The second-order valence-electron chi connectivity index (χ2n) is 6.83. The highest BCUT2D eigenvalue weighted by molar-refractivity contribution is 5.80. The van der Waals surface area contributed by atoms with Crippen molar-refractivity contribution in [1.82, 2.24) is 25.3 Å². The second kappa shape index (κ2) is 10.3. The van der Waals surface area contributed by atoms with Crippen LogP contribution in [0, 0.1) is 0 Å². The maximum Gasteiger partial charge on any atom is 0.422 e. The molecule has 0 atom stereocenters. The molecule has 11 heteroatoms. The Morgan fingerprint density at radius 2 is 2.07 bits per heavy atom. The Morgan fingerprint density at radius 1 is 1.27 bits per heavy atom. The summed E-state index contributed by atoms with van der Waals surface area (Å²) in [7, 11) is 0. The maximum atomic E-state index is 12.3. The first-order valence-electron chi connectivity index (χ1n) is 9.72. The lowest BCUT2D eigenvalue weighted by Gasteiger charge is -2.36. The van der Waals surface area contributed by atoms with Crippen LogP contribution in [-0.2, 0) is 13.1 Å². The van der Waals surface area contributed by atoms with Crippen molar-refractivity contribution >= 4 is 5.96 Å². The summed E-state index contributed by atoms with van der Waals surface area (Å²) >= 11 is 0. The summed E-state index contributed by atoms with van der Waals surface area (Å²) in [6.45, 7) is 5.74. The van der Waals surface area contributed by atoms with Crippen molar-refractivity contribution < 1.29 is 22.4 Å². The second-order valence-corrected chi connectivity index (χ2v) is 6.83. The number of aromatic nitrogens is 2. The Kier molecular flexibility index (Phi) is 7.50. The van der Waals surface area contributed by atoms with E-state index in [0.29, 0.717) is 13.1 Å². The minimum Gasteiger partial charge on any atom is -0.468 e. The number of hydrogen-bond acceptors (Lipinski definition) is 6. The van der Waals surface area contributed by atoms with E-state index in [1.54, 1.807) is 12.3 Å². The van der Waals surface area contributed by atoms with Gasteiger partial charge in [-0.05, 0) is 18.6 Å². The predicted molar refractivity (Wildman–Crippen MR) is 104 cm³/mol. The quantitative estimate of drug-likeness (QED) is 0.538. The average molecular weight is 426 g/mol. The van der Waals surface area contributed by atoms with Crippen LogP contribution in [-0.4, -0.2) is 71.4 Å². The molecule has 0 aromatic carbocycles. The van der Waals surface area contributed by atoms with Crippen molar-refractivity contribution in [2.75, 3.05) is 39.3 Å². The molecular formula is C19H25F3N6O2. The third-order valence-corrected chi connectivity index (χ3v) is 4.48. The summed E-state index contributed by atoms with van der Waals surface area (Å²) in [5.41, 5.74) is 1.63. The van der Waals surface area contributed by atoms with Crippen LogP contribution in [0.2, 0.25) is 0 Å². The number of nitrogens with zero attached hydrogens (tertiary/aromatic N) is 5. The number of aliphatic imine (C=N–C) groups is 1. The third-order valence-electron chi connectivity index (χ3n) is 4.48. The van der Waals surface area contributed by atoms with Crippen LogP contribution in [0.25, 0.3) is 0 Å². The number of ether oxygens (including phenoxy) is 1. The maximum absolute atomic E-state index is 12.3. The molecule has 2 aromatic rings. The molecule has 30 heavy (non-hydrogen) atoms. The van der Waals surface area contributed by atoms with E-state index in [2.05, 4.69) is 30.2 Å². The molecule has 0 saturated carbocycles. The van der Waals surface area contributed by atoms with Crippen LogP contribution in [0.3, 0.4) is 0 Å². The number of guanidine groups is 1. The minimum absolute atomic E-state index is 0.0634. The highest BCUT2D eigenvalue weighted by atomic mass is 19.4. The lowest BCUT2D eigenvalue weighted by molar-refractivity contribution is -0.154. The van der Waals surface area contributed by atoms with Gasteiger partial charge < -0.3 is 19.5 Å². The van der Waals surface area contributed by atoms with Crippen molar-refractivity contribution in [3.8, 4) is 5.88 Å². The standard InChI is InChI=1S/C19H25F3N6O2/c1-2-23-18(28-8-6-27(7-9-28)13-16-4-10-30-26-16)25-12-15-3-5-24-17(11-15)29-14-19(20,21)22/h3-5,10-11H,2,6-9,12-14H2,1H3,(H,23,25). The van der Waals surface area contributed by atoms with Crippen LogP contribution in [0.15, 0.2) is 40.2 Å². The molecular weight excluding hydrogens is 401 g/mol. The zero-order valence-electron chi connectivity index (χ0n) is 16.7. The molecule has 8 nitrogen and oxygen atoms in total. The van der Waals surface area contributed by atoms with Gasteiger partial charge in [0.1, 0.15) is 6.26 Å². The summed E-state index contributed by atoms with van der Waals surface area (Å²) in [6.07, 6.45) is -1.41. The van der Waals surface area contributed by atoms with E-state index in [9.17, 15) is 13.2 Å². The smallest absolute Gasteiger partial charge is 0.422 e. The first-order valence-corrected chi connectivity index (χ1v) is 9.72. The molecule has 1 saturated heterocycles. The molecule has 0 bridgehead atoms. The van der Waals surface area contributed by atoms with Crippen molar-refractivity contribution in [2.24, 2.45) is 4.99 Å². The fraction of sp³-hybridized carbons (Fsp3) is 0.526. The van der Waals surface area contributed by atoms with Gasteiger partial charge in [0.2, 0.25) is 5.88 Å². The summed E-state index contributed by atoms with van der Waals surface area (Å²) in [5.74, 6) is 0.708. The lowest BCUT2D eigenvalue weighted by Crippen LogP contribution is -2.52. The normalized spacial score (nSPS) is 16.0. The number of alkyl halides is 3. The number of halogens is 3. The van der Waals surface area contributed by atoms with E-state index in [0.717, 1.165) is 49.9 Å². The van der Waals surface area contributed by atoms with Crippen LogP contribution >= 0.6 is 0 Å². The minimum atomic E-state index is -4.40. The molecule has 164 valence electrons. The Balaban J connectivity index is 1.56. The van der Waals surface area contributed by atoms with Gasteiger partial charge in [0.25, 0.3) is 0 Å². The van der Waals surface area contributed by atoms with Gasteiger partial charge in [-0.2, -0.15) is 13.2 Å². The van der Waals surface area contributed by atoms with Crippen molar-refractivity contribution in [3.63, 3.8) is 0 Å². The van der Waals surface area contributed by atoms with Crippen molar-refractivity contribution in [3.05, 3.63) is 41.9 Å². The Bertz CT molecular complexity index is 805. The van der Waals surface area contributed by atoms with Gasteiger partial charge in [-0.25, -0.2) is 9.98 Å². The van der Waals surface area contributed by atoms with E-state index >= 15 is 0 Å². The van der Waals surface area contributed by atoms with Gasteiger partial charge in [0, 0.05) is 57.6 Å². The molecule has 1 aliphatic heterocycles. The molecule has 1 fully saturated rings. The van der Waals surface area contributed by atoms with Crippen LogP contribution in [0.4, 0.5) is 13.2 Å². The van der Waals surface area contributed by atoms with E-state index in [1.807, 2.05) is 13.0 Å². The molecule has 1 N–H and O–H groups in total. The number of hydrogen-bond donors (Lipinski definition) is 1. The number of rotatable bonds is 7. The summed E-state index contributed by atoms with van der Waals surface area (Å²) < 4.78 is 46.5. The molecule has 1 aliphatic rings. The molecule has 3 heterocycles.